The van der Waals surface area contributed by atoms with E-state index >= 15 is 0 Å². The Kier molecular flexibility index (Phi) is 5.17. The number of aliphatic hydroxyl groups is 1. The van der Waals surface area contributed by atoms with Gasteiger partial charge in [0.05, 0.1) is 12.2 Å². The number of hydrogen-bond donors (Lipinski definition) is 1. The summed E-state index contributed by atoms with van der Waals surface area (Å²) in [7, 11) is 0. The number of benzene rings is 1. The molecule has 1 N–H and O–H groups in total. The Labute approximate surface area is 101 Å². The molecule has 0 unspecified atom stereocenters. The van der Waals surface area contributed by atoms with Crippen LogP contribution < -0.4 is 0 Å². The molecule has 0 fully saturated rings. The zero-order valence-electron chi connectivity index (χ0n) is 9.80. The molecule has 0 aliphatic rings. The normalized spacial score (nSPS) is 12.4. The largest absolute Gasteiger partial charge is 0.463 e. The fourth-order valence-corrected chi connectivity index (χ4v) is 1.23. The molecule has 0 saturated carbocycles. The zero-order chi connectivity index (χ0) is 12.7. The van der Waals surface area contributed by atoms with Crippen LogP contribution in [-0.4, -0.2) is 23.8 Å². The summed E-state index contributed by atoms with van der Waals surface area (Å²) in [6.45, 7) is 5.49. The Bertz CT molecular complexity index is 407. The van der Waals surface area contributed by atoms with Gasteiger partial charge in [0.2, 0.25) is 0 Å². The maximum Gasteiger partial charge on any atom is 0.336 e. The van der Waals surface area contributed by atoms with Crippen LogP contribution in [0.25, 0.3) is 6.08 Å². The predicted molar refractivity (Wildman–Crippen MR) is 67.3 cm³/mol. The van der Waals surface area contributed by atoms with Crippen LogP contribution in [0.3, 0.4) is 0 Å². The Morgan fingerprint density at radius 2 is 2.12 bits per heavy atom. The van der Waals surface area contributed by atoms with Crippen molar-refractivity contribution in [3.8, 4) is 0 Å². The molecule has 3 nitrogen and oxygen atoms in total. The summed E-state index contributed by atoms with van der Waals surface area (Å²) >= 11 is 0. The second-order valence-corrected chi connectivity index (χ2v) is 3.46. The summed E-state index contributed by atoms with van der Waals surface area (Å²) < 4.78 is 4.74. The van der Waals surface area contributed by atoms with Gasteiger partial charge in [-0.25, -0.2) is 4.79 Å². The molecule has 0 amide bonds. The first kappa shape index (κ1) is 13.2. The average molecular weight is 232 g/mol. The predicted octanol–water partition coefficient (Wildman–Crippen LogP) is 2.18. The number of carbonyl (C=O) groups excluding carboxylic acids is 1. The molecule has 1 aromatic rings. The fourth-order valence-electron chi connectivity index (χ4n) is 1.23. The van der Waals surface area contributed by atoms with E-state index in [2.05, 4.69) is 6.58 Å². The van der Waals surface area contributed by atoms with E-state index in [0.29, 0.717) is 0 Å². The van der Waals surface area contributed by atoms with Gasteiger partial charge in [-0.15, -0.1) is 0 Å². The maximum atomic E-state index is 11.3. The Hall–Kier alpha value is -1.87. The van der Waals surface area contributed by atoms with Crippen molar-refractivity contribution in [3.63, 3.8) is 0 Å². The molecule has 0 aliphatic heterocycles. The lowest BCUT2D eigenvalue weighted by Gasteiger charge is -2.08. The highest BCUT2D eigenvalue weighted by Gasteiger charge is 2.14. The van der Waals surface area contributed by atoms with Crippen molar-refractivity contribution in [3.05, 3.63) is 54.1 Å². The van der Waals surface area contributed by atoms with E-state index in [9.17, 15) is 9.90 Å². The van der Waals surface area contributed by atoms with Crippen molar-refractivity contribution in [2.24, 2.45) is 0 Å². The summed E-state index contributed by atoms with van der Waals surface area (Å²) in [5.41, 5.74) is 0.988. The molecule has 0 heterocycles. The summed E-state index contributed by atoms with van der Waals surface area (Å²) in [5, 5.41) is 9.69. The number of ether oxygens (including phenoxy) is 1. The van der Waals surface area contributed by atoms with Crippen LogP contribution in [0.15, 0.2) is 48.6 Å². The van der Waals surface area contributed by atoms with Crippen molar-refractivity contribution in [1.82, 2.24) is 0 Å². The lowest BCUT2D eigenvalue weighted by Crippen LogP contribution is -2.17. The van der Waals surface area contributed by atoms with E-state index in [0.717, 1.165) is 5.56 Å². The number of carbonyl (C=O) groups is 1. The molecule has 0 spiro atoms. The summed E-state index contributed by atoms with van der Waals surface area (Å²) in [6.07, 6.45) is 2.22. The van der Waals surface area contributed by atoms with E-state index in [1.807, 2.05) is 30.3 Å². The highest BCUT2D eigenvalue weighted by Crippen LogP contribution is 2.07. The van der Waals surface area contributed by atoms with E-state index in [-0.39, 0.29) is 12.2 Å². The molecule has 1 rings (SSSR count). The van der Waals surface area contributed by atoms with Gasteiger partial charge in [0, 0.05) is 0 Å². The van der Waals surface area contributed by atoms with E-state index < -0.39 is 12.1 Å². The minimum absolute atomic E-state index is 0.0408. The van der Waals surface area contributed by atoms with Crippen LogP contribution in [0.4, 0.5) is 0 Å². The summed E-state index contributed by atoms with van der Waals surface area (Å²) in [4.78, 5) is 11.3. The topological polar surface area (TPSA) is 46.5 Å². The molecule has 0 bridgehead atoms. The van der Waals surface area contributed by atoms with Crippen LogP contribution in [0.2, 0.25) is 0 Å². The first-order valence-corrected chi connectivity index (χ1v) is 5.42. The molecule has 17 heavy (non-hydrogen) atoms. The Balaban J connectivity index is 2.60. The number of esters is 1. The SMILES string of the molecule is C=C(C(=O)OCC)[C@@H](O)C=Cc1ccccc1. The molecule has 0 saturated heterocycles. The minimum Gasteiger partial charge on any atom is -0.463 e. The molecule has 0 aromatic heterocycles. The third-order valence-electron chi connectivity index (χ3n) is 2.17. The first-order chi connectivity index (χ1) is 8.15. The van der Waals surface area contributed by atoms with Gasteiger partial charge in [-0.1, -0.05) is 49.1 Å². The zero-order valence-corrected chi connectivity index (χ0v) is 9.80. The third-order valence-corrected chi connectivity index (χ3v) is 2.17. The number of hydrogen-bond acceptors (Lipinski definition) is 3. The molecule has 1 aromatic carbocycles. The average Bonchev–Trinajstić information content (AvgIpc) is 2.36. The van der Waals surface area contributed by atoms with Gasteiger partial charge in [0.15, 0.2) is 0 Å². The van der Waals surface area contributed by atoms with Crippen LogP contribution in [0.1, 0.15) is 12.5 Å². The van der Waals surface area contributed by atoms with Gasteiger partial charge in [0.1, 0.15) is 6.10 Å². The quantitative estimate of drug-likeness (QED) is 0.625. The van der Waals surface area contributed by atoms with Crippen molar-refractivity contribution >= 4 is 12.0 Å². The molecule has 3 heteroatoms. The Morgan fingerprint density at radius 3 is 2.71 bits per heavy atom. The molecular weight excluding hydrogens is 216 g/mol. The smallest absolute Gasteiger partial charge is 0.336 e. The number of aliphatic hydroxyl groups excluding tert-OH is 1. The molecular formula is C14H16O3. The molecule has 0 aliphatic carbocycles. The van der Waals surface area contributed by atoms with Gasteiger partial charge in [-0.3, -0.25) is 0 Å². The van der Waals surface area contributed by atoms with Crippen LogP contribution in [0, 0.1) is 0 Å². The van der Waals surface area contributed by atoms with Gasteiger partial charge < -0.3 is 9.84 Å². The molecule has 0 radical (unpaired) electrons. The standard InChI is InChI=1S/C14H16O3/c1-3-17-14(16)11(2)13(15)10-9-12-7-5-4-6-8-12/h4-10,13,15H,2-3H2,1H3/t13-/m0/s1. The number of rotatable bonds is 5. The lowest BCUT2D eigenvalue weighted by molar-refractivity contribution is -0.139. The van der Waals surface area contributed by atoms with Crippen molar-refractivity contribution in [2.45, 2.75) is 13.0 Å². The third kappa shape index (κ3) is 4.25. The second kappa shape index (κ2) is 6.66. The monoisotopic (exact) mass is 232 g/mol. The van der Waals surface area contributed by atoms with Gasteiger partial charge >= 0.3 is 5.97 Å². The van der Waals surface area contributed by atoms with Crippen molar-refractivity contribution < 1.29 is 14.6 Å². The molecule has 1 atom stereocenters. The van der Waals surface area contributed by atoms with E-state index in [1.54, 1.807) is 13.0 Å². The Morgan fingerprint density at radius 1 is 1.47 bits per heavy atom. The minimum atomic E-state index is -1.02. The summed E-state index contributed by atoms with van der Waals surface area (Å²) in [5.74, 6) is -0.572. The van der Waals surface area contributed by atoms with Crippen LogP contribution in [-0.2, 0) is 9.53 Å². The maximum absolute atomic E-state index is 11.3. The van der Waals surface area contributed by atoms with E-state index in [1.165, 1.54) is 6.08 Å². The summed E-state index contributed by atoms with van der Waals surface area (Å²) in [6, 6.07) is 9.50. The molecule has 90 valence electrons. The van der Waals surface area contributed by atoms with Crippen LogP contribution >= 0.6 is 0 Å². The highest BCUT2D eigenvalue weighted by atomic mass is 16.5. The highest BCUT2D eigenvalue weighted by molar-refractivity contribution is 5.89. The van der Waals surface area contributed by atoms with Crippen LogP contribution in [0.5, 0.6) is 0 Å². The fraction of sp³-hybridized carbons (Fsp3) is 0.214. The van der Waals surface area contributed by atoms with Crippen molar-refractivity contribution in [2.75, 3.05) is 6.61 Å². The van der Waals surface area contributed by atoms with Gasteiger partial charge in [-0.2, -0.15) is 0 Å². The lowest BCUT2D eigenvalue weighted by atomic mass is 10.1. The first-order valence-electron chi connectivity index (χ1n) is 5.42. The second-order valence-electron chi connectivity index (χ2n) is 3.46. The van der Waals surface area contributed by atoms with Gasteiger partial charge in [-0.05, 0) is 12.5 Å². The van der Waals surface area contributed by atoms with Gasteiger partial charge in [0.25, 0.3) is 0 Å². The van der Waals surface area contributed by atoms with E-state index in [4.69, 9.17) is 4.74 Å². The van der Waals surface area contributed by atoms with Crippen molar-refractivity contribution in [1.29, 1.82) is 0 Å².